The molecule has 0 bridgehead atoms. The van der Waals surface area contributed by atoms with E-state index in [1.165, 1.54) is 0 Å². The highest BCUT2D eigenvalue weighted by atomic mass is 16.7. The molecule has 1 aromatic rings. The van der Waals surface area contributed by atoms with Gasteiger partial charge in [-0.25, -0.2) is 4.68 Å². The number of ether oxygens (including phenoxy) is 2. The van der Waals surface area contributed by atoms with Gasteiger partial charge in [0.05, 0.1) is 25.1 Å². The Morgan fingerprint density at radius 2 is 2.31 bits per heavy atom. The molecule has 1 saturated heterocycles. The average Bonchev–Trinajstić information content (AvgIpc) is 2.89. The first-order valence-electron chi connectivity index (χ1n) is 5.61. The number of nitrogens with zero attached hydrogens (tertiary/aromatic N) is 3. The second-order valence-electron chi connectivity index (χ2n) is 3.80. The lowest BCUT2D eigenvalue weighted by Crippen LogP contribution is -2.16. The molecule has 1 N–H and O–H groups in total. The maximum absolute atomic E-state index is 10.0. The molecule has 2 rings (SSSR count). The molecule has 1 unspecified atom stereocenters. The topological polar surface area (TPSA) is 69.4 Å². The van der Waals surface area contributed by atoms with Crippen molar-refractivity contribution < 1.29 is 14.6 Å². The van der Waals surface area contributed by atoms with Gasteiger partial charge in [-0.1, -0.05) is 12.1 Å². The molecular weight excluding hydrogens is 210 g/mol. The summed E-state index contributed by atoms with van der Waals surface area (Å²) < 4.78 is 12.3. The maximum Gasteiger partial charge on any atom is 0.160 e. The number of aromatic nitrogens is 3. The summed E-state index contributed by atoms with van der Waals surface area (Å²) in [5.74, 6) is 0. The molecule has 1 aromatic heterocycles. The first-order chi connectivity index (χ1) is 7.81. The number of aryl methyl sites for hydroxylation is 1. The second-order valence-corrected chi connectivity index (χ2v) is 3.80. The molecule has 1 atom stereocenters. The van der Waals surface area contributed by atoms with Crippen LogP contribution in [0.4, 0.5) is 0 Å². The van der Waals surface area contributed by atoms with E-state index in [2.05, 4.69) is 17.2 Å². The number of hydrogen-bond acceptors (Lipinski definition) is 5. The van der Waals surface area contributed by atoms with Gasteiger partial charge in [0.15, 0.2) is 6.29 Å². The molecule has 1 aliphatic rings. The van der Waals surface area contributed by atoms with Crippen molar-refractivity contribution in [2.45, 2.75) is 38.7 Å². The Hall–Kier alpha value is -0.980. The summed E-state index contributed by atoms with van der Waals surface area (Å²) in [7, 11) is 0. The third-order valence-electron chi connectivity index (χ3n) is 2.53. The zero-order valence-corrected chi connectivity index (χ0v) is 9.37. The van der Waals surface area contributed by atoms with E-state index in [9.17, 15) is 5.11 Å². The van der Waals surface area contributed by atoms with Crippen LogP contribution in [0.5, 0.6) is 0 Å². The fourth-order valence-corrected chi connectivity index (χ4v) is 1.76. The van der Waals surface area contributed by atoms with Gasteiger partial charge in [0.2, 0.25) is 0 Å². The quantitative estimate of drug-likeness (QED) is 0.792. The van der Waals surface area contributed by atoms with Crippen LogP contribution >= 0.6 is 0 Å². The summed E-state index contributed by atoms with van der Waals surface area (Å²) in [6.45, 7) is 4.02. The van der Waals surface area contributed by atoms with E-state index in [1.807, 2.05) is 0 Å². The highest BCUT2D eigenvalue weighted by molar-refractivity contribution is 4.99. The molecule has 16 heavy (non-hydrogen) atoms. The van der Waals surface area contributed by atoms with E-state index in [-0.39, 0.29) is 6.29 Å². The number of aliphatic hydroxyl groups excluding tert-OH is 1. The van der Waals surface area contributed by atoms with Crippen molar-refractivity contribution in [1.29, 1.82) is 0 Å². The molecule has 90 valence electrons. The van der Waals surface area contributed by atoms with E-state index in [4.69, 9.17) is 9.47 Å². The molecule has 6 heteroatoms. The normalized spacial score (nSPS) is 19.1. The third kappa shape index (κ3) is 2.58. The van der Waals surface area contributed by atoms with Gasteiger partial charge in [0.25, 0.3) is 0 Å². The van der Waals surface area contributed by atoms with Gasteiger partial charge in [-0.3, -0.25) is 0 Å². The molecule has 0 amide bonds. The summed E-state index contributed by atoms with van der Waals surface area (Å²) in [5, 5.41) is 17.8. The van der Waals surface area contributed by atoms with E-state index in [1.54, 1.807) is 10.9 Å². The Bertz CT molecular complexity index is 323. The van der Waals surface area contributed by atoms with Crippen LogP contribution in [-0.4, -0.2) is 39.6 Å². The molecule has 0 radical (unpaired) electrons. The summed E-state index contributed by atoms with van der Waals surface area (Å²) in [6.07, 6.45) is 2.04. The van der Waals surface area contributed by atoms with Gasteiger partial charge in [0, 0.05) is 13.0 Å². The second kappa shape index (κ2) is 5.38. The molecule has 1 fully saturated rings. The lowest BCUT2D eigenvalue weighted by molar-refractivity contribution is -0.0719. The highest BCUT2D eigenvalue weighted by Gasteiger charge is 2.23. The Morgan fingerprint density at radius 1 is 1.56 bits per heavy atom. The van der Waals surface area contributed by atoms with E-state index < -0.39 is 6.10 Å². The van der Waals surface area contributed by atoms with Gasteiger partial charge in [0.1, 0.15) is 6.10 Å². The molecule has 0 aliphatic carbocycles. The van der Waals surface area contributed by atoms with Crippen LogP contribution in [0.1, 0.15) is 31.6 Å². The van der Waals surface area contributed by atoms with Crippen molar-refractivity contribution in [2.75, 3.05) is 13.2 Å². The van der Waals surface area contributed by atoms with Crippen LogP contribution in [0.3, 0.4) is 0 Å². The predicted octanol–water partition coefficient (Wildman–Crippen LogP) is 0.484. The first kappa shape index (κ1) is 11.5. The van der Waals surface area contributed by atoms with Crippen LogP contribution in [0.2, 0.25) is 0 Å². The number of aliphatic hydroxyl groups is 1. The molecule has 6 nitrogen and oxygen atoms in total. The van der Waals surface area contributed by atoms with Crippen LogP contribution in [0, 0.1) is 0 Å². The number of hydrogen-bond donors (Lipinski definition) is 1. The standard InChI is InChI=1S/C10H17N3O3/c1-2-3-13-8(7-11-12-13)9(14)6-10-15-4-5-16-10/h7,9-10,14H,2-6H2,1H3. The Balaban J connectivity index is 1.96. The Kier molecular flexibility index (Phi) is 3.87. The smallest absolute Gasteiger partial charge is 0.160 e. The number of rotatable bonds is 5. The molecule has 0 aromatic carbocycles. The molecular formula is C10H17N3O3. The monoisotopic (exact) mass is 227 g/mol. The molecule has 0 saturated carbocycles. The van der Waals surface area contributed by atoms with Gasteiger partial charge in [-0.05, 0) is 6.42 Å². The summed E-state index contributed by atoms with van der Waals surface area (Å²) in [4.78, 5) is 0. The summed E-state index contributed by atoms with van der Waals surface area (Å²) in [6, 6.07) is 0. The van der Waals surface area contributed by atoms with Crippen molar-refractivity contribution in [3.63, 3.8) is 0 Å². The van der Waals surface area contributed by atoms with Crippen LogP contribution in [0.15, 0.2) is 6.20 Å². The average molecular weight is 227 g/mol. The zero-order chi connectivity index (χ0) is 11.4. The van der Waals surface area contributed by atoms with Crippen LogP contribution in [0.25, 0.3) is 0 Å². The van der Waals surface area contributed by atoms with Gasteiger partial charge < -0.3 is 14.6 Å². The Labute approximate surface area is 94.2 Å². The van der Waals surface area contributed by atoms with Crippen LogP contribution in [-0.2, 0) is 16.0 Å². The third-order valence-corrected chi connectivity index (χ3v) is 2.53. The fraction of sp³-hybridized carbons (Fsp3) is 0.800. The minimum absolute atomic E-state index is 0.306. The largest absolute Gasteiger partial charge is 0.387 e. The fourth-order valence-electron chi connectivity index (χ4n) is 1.76. The van der Waals surface area contributed by atoms with Crippen molar-refractivity contribution >= 4 is 0 Å². The predicted molar refractivity (Wildman–Crippen MR) is 55.6 cm³/mol. The lowest BCUT2D eigenvalue weighted by Gasteiger charge is -2.15. The molecule has 2 heterocycles. The highest BCUT2D eigenvalue weighted by Crippen LogP contribution is 2.21. The SMILES string of the molecule is CCCn1nncc1C(O)CC1OCCO1. The minimum atomic E-state index is -0.635. The van der Waals surface area contributed by atoms with Gasteiger partial charge >= 0.3 is 0 Å². The first-order valence-corrected chi connectivity index (χ1v) is 5.61. The minimum Gasteiger partial charge on any atom is -0.387 e. The van der Waals surface area contributed by atoms with E-state index in [0.29, 0.717) is 19.6 Å². The maximum atomic E-state index is 10.0. The van der Waals surface area contributed by atoms with Crippen molar-refractivity contribution in [2.24, 2.45) is 0 Å². The van der Waals surface area contributed by atoms with Crippen molar-refractivity contribution in [3.05, 3.63) is 11.9 Å². The van der Waals surface area contributed by atoms with E-state index in [0.717, 1.165) is 18.7 Å². The van der Waals surface area contributed by atoms with Crippen LogP contribution < -0.4 is 0 Å². The van der Waals surface area contributed by atoms with Crippen molar-refractivity contribution in [3.8, 4) is 0 Å². The van der Waals surface area contributed by atoms with E-state index >= 15 is 0 Å². The van der Waals surface area contributed by atoms with Gasteiger partial charge in [-0.15, -0.1) is 5.10 Å². The Morgan fingerprint density at radius 3 is 3.00 bits per heavy atom. The zero-order valence-electron chi connectivity index (χ0n) is 9.37. The summed E-state index contributed by atoms with van der Waals surface area (Å²) in [5.41, 5.74) is 0.723. The molecule has 0 spiro atoms. The van der Waals surface area contributed by atoms with Crippen molar-refractivity contribution in [1.82, 2.24) is 15.0 Å². The molecule has 1 aliphatic heterocycles. The summed E-state index contributed by atoms with van der Waals surface area (Å²) >= 11 is 0. The van der Waals surface area contributed by atoms with Gasteiger partial charge in [-0.2, -0.15) is 0 Å². The lowest BCUT2D eigenvalue weighted by atomic mass is 10.2.